The van der Waals surface area contributed by atoms with Gasteiger partial charge in [0.15, 0.2) is 11.4 Å². The Morgan fingerprint density at radius 3 is 2.30 bits per heavy atom. The predicted octanol–water partition coefficient (Wildman–Crippen LogP) is 7.22. The van der Waals surface area contributed by atoms with Crippen molar-refractivity contribution in [1.82, 2.24) is 14.6 Å². The Morgan fingerprint density at radius 1 is 1.06 bits per heavy atom. The number of hydrogen-bond acceptors (Lipinski definition) is 11. The molecule has 13 nitrogen and oxygen atoms in total. The second-order valence-electron chi connectivity index (χ2n) is 14.6. The third kappa shape index (κ3) is 10.0. The van der Waals surface area contributed by atoms with Gasteiger partial charge in [0.05, 0.1) is 36.6 Å². The highest BCUT2D eigenvalue weighted by Crippen LogP contribution is 2.68. The lowest BCUT2D eigenvalue weighted by atomic mass is 10.0. The van der Waals surface area contributed by atoms with Crippen molar-refractivity contribution < 1.29 is 42.6 Å². The maximum absolute atomic E-state index is 14.1. The van der Waals surface area contributed by atoms with Gasteiger partial charge in [-0.05, 0) is 49.2 Å². The molecule has 2 unspecified atom stereocenters. The number of phosphoric ester groups is 1. The first-order valence-corrected chi connectivity index (χ1v) is 20.6. The van der Waals surface area contributed by atoms with Crippen LogP contribution in [0.1, 0.15) is 133 Å². The molecule has 5 N–H and O–H groups in total. The Labute approximate surface area is 311 Å². The average Bonchev–Trinajstić information content (AvgIpc) is 3.38. The molecule has 3 heterocycles. The third-order valence-corrected chi connectivity index (χ3v) is 11.6. The van der Waals surface area contributed by atoms with Crippen molar-refractivity contribution >= 4 is 19.2 Å². The summed E-state index contributed by atoms with van der Waals surface area (Å²) in [5.74, 6) is -0.339. The quantitative estimate of drug-likeness (QED) is 0.0530. The van der Waals surface area contributed by atoms with Crippen molar-refractivity contribution in [3.8, 4) is 6.07 Å². The Bertz CT molecular complexity index is 1740. The summed E-state index contributed by atoms with van der Waals surface area (Å²) in [7, 11) is -4.80. The van der Waals surface area contributed by atoms with Crippen molar-refractivity contribution in [2.45, 2.75) is 152 Å². The zero-order valence-electron chi connectivity index (χ0n) is 30.9. The molecule has 5 rings (SSSR count). The standard InChI is InChI=1S/C38H55FN5O8P/c1-3-4-5-6-7-8-9-10-11-12-13-14-15-16-17-30(49-24-28-20-27(23-40)21-29(39)22-28)25-50-53(47,48)52-36-37(2)38(36,46)34(45)33(51-37)31-18-19-32-35(41)42-26-43-44(31)32/h18-22,26,30,33-34,36,45-46H,3-17,24-25H2,1-2H3,(H,47,48)(H2,41,42,43)/t30-,33-,34-,36?,37+,38+/m0/s1. The number of nitrogen functional groups attached to an aromatic ring is 1. The van der Waals surface area contributed by atoms with Crippen LogP contribution in [-0.4, -0.2) is 65.8 Å². The van der Waals surface area contributed by atoms with Crippen LogP contribution in [-0.2, 0) is 29.7 Å². The summed E-state index contributed by atoms with van der Waals surface area (Å²) in [5.41, 5.74) is 3.90. The first-order chi connectivity index (χ1) is 25.4. The molecule has 0 amide bonds. The highest BCUT2D eigenvalue weighted by molar-refractivity contribution is 7.47. The number of rotatable bonds is 24. The second kappa shape index (κ2) is 18.6. The van der Waals surface area contributed by atoms with Crippen LogP contribution in [0.2, 0.25) is 0 Å². The number of hydrogen-bond donors (Lipinski definition) is 4. The molecule has 2 aliphatic rings. The number of anilines is 1. The van der Waals surface area contributed by atoms with E-state index in [1.54, 1.807) is 12.1 Å². The molecule has 1 saturated heterocycles. The number of aliphatic hydroxyl groups is 2. The molecule has 1 aliphatic heterocycles. The molecular weight excluding hydrogens is 704 g/mol. The molecule has 1 aliphatic carbocycles. The smallest absolute Gasteiger partial charge is 0.387 e. The Kier molecular flexibility index (Phi) is 14.4. The summed E-state index contributed by atoms with van der Waals surface area (Å²) in [5, 5.41) is 36.0. The van der Waals surface area contributed by atoms with Gasteiger partial charge in [-0.2, -0.15) is 10.4 Å². The Morgan fingerprint density at radius 2 is 1.70 bits per heavy atom. The molecule has 0 radical (unpaired) electrons. The Balaban J connectivity index is 1.09. The van der Waals surface area contributed by atoms with Crippen LogP contribution in [0.4, 0.5) is 10.2 Å². The van der Waals surface area contributed by atoms with Gasteiger partial charge in [-0.3, -0.25) is 9.05 Å². The number of ether oxygens (including phenoxy) is 2. The summed E-state index contributed by atoms with van der Waals surface area (Å²) >= 11 is 0. The molecule has 0 bridgehead atoms. The van der Waals surface area contributed by atoms with Crippen molar-refractivity contribution in [2.24, 2.45) is 0 Å². The van der Waals surface area contributed by atoms with Crippen molar-refractivity contribution in [2.75, 3.05) is 12.3 Å². The molecule has 1 saturated carbocycles. The van der Waals surface area contributed by atoms with Gasteiger partial charge in [0.25, 0.3) is 0 Å². The number of nitrogens with zero attached hydrogens (tertiary/aromatic N) is 4. The summed E-state index contributed by atoms with van der Waals surface area (Å²) in [6, 6.07) is 9.16. The van der Waals surface area contributed by atoms with E-state index in [1.165, 1.54) is 94.1 Å². The van der Waals surface area contributed by atoms with Gasteiger partial charge in [-0.1, -0.05) is 96.8 Å². The van der Waals surface area contributed by atoms with Gasteiger partial charge in [0.1, 0.15) is 41.6 Å². The van der Waals surface area contributed by atoms with E-state index >= 15 is 0 Å². The van der Waals surface area contributed by atoms with Crippen LogP contribution in [0.5, 0.6) is 0 Å². The number of benzene rings is 1. The number of phosphoric acid groups is 1. The molecule has 15 heteroatoms. The van der Waals surface area contributed by atoms with Gasteiger partial charge in [0.2, 0.25) is 0 Å². The lowest BCUT2D eigenvalue weighted by Crippen LogP contribution is -2.35. The maximum atomic E-state index is 14.1. The van der Waals surface area contributed by atoms with Crippen molar-refractivity contribution in [3.63, 3.8) is 0 Å². The van der Waals surface area contributed by atoms with Gasteiger partial charge < -0.3 is 30.3 Å². The molecule has 7 atom stereocenters. The number of unbranched alkanes of at least 4 members (excludes halogenated alkanes) is 13. The summed E-state index contributed by atoms with van der Waals surface area (Å²) in [6.07, 6.45) is 14.1. The van der Waals surface area contributed by atoms with E-state index in [9.17, 15) is 29.3 Å². The van der Waals surface area contributed by atoms with Gasteiger partial charge in [0, 0.05) is 0 Å². The van der Waals surface area contributed by atoms with Gasteiger partial charge in [-0.25, -0.2) is 18.5 Å². The molecule has 2 aromatic heterocycles. The number of fused-ring (bicyclic) bond motifs is 2. The maximum Gasteiger partial charge on any atom is 0.472 e. The van der Waals surface area contributed by atoms with Crippen molar-refractivity contribution in [1.29, 1.82) is 5.26 Å². The fourth-order valence-corrected chi connectivity index (χ4v) is 8.50. The number of halogens is 1. The van der Waals surface area contributed by atoms with Crippen LogP contribution in [0.15, 0.2) is 36.7 Å². The van der Waals surface area contributed by atoms with E-state index in [0.29, 0.717) is 23.2 Å². The second-order valence-corrected chi connectivity index (χ2v) is 16.0. The van der Waals surface area contributed by atoms with Crippen LogP contribution < -0.4 is 5.73 Å². The fraction of sp³-hybridized carbons (Fsp3) is 0.658. The first kappa shape index (κ1) is 41.2. The lowest BCUT2D eigenvalue weighted by Gasteiger charge is -2.24. The normalized spacial score (nSPS) is 25.3. The summed E-state index contributed by atoms with van der Waals surface area (Å²) in [6.45, 7) is 3.36. The molecule has 53 heavy (non-hydrogen) atoms. The zero-order valence-corrected chi connectivity index (χ0v) is 31.8. The molecule has 2 fully saturated rings. The zero-order chi connectivity index (χ0) is 38.1. The van der Waals surface area contributed by atoms with Gasteiger partial charge in [-0.15, -0.1) is 0 Å². The third-order valence-electron chi connectivity index (χ3n) is 10.6. The number of aliphatic hydroxyl groups excluding tert-OH is 1. The number of nitriles is 1. The highest BCUT2D eigenvalue weighted by atomic mass is 31.2. The van der Waals surface area contributed by atoms with E-state index < -0.39 is 49.3 Å². The minimum absolute atomic E-state index is 0.0392. The van der Waals surface area contributed by atoms with E-state index in [1.807, 2.05) is 6.07 Å². The monoisotopic (exact) mass is 759 g/mol. The molecule has 3 aromatic rings. The van der Waals surface area contributed by atoms with E-state index in [2.05, 4.69) is 17.0 Å². The number of aromatic nitrogens is 3. The van der Waals surface area contributed by atoms with E-state index in [-0.39, 0.29) is 24.6 Å². The van der Waals surface area contributed by atoms with Crippen molar-refractivity contribution in [3.05, 3.63) is 59.3 Å². The van der Waals surface area contributed by atoms with E-state index in [4.69, 9.17) is 24.3 Å². The Hall–Kier alpha value is -2.99. The predicted molar refractivity (Wildman–Crippen MR) is 196 cm³/mol. The molecule has 0 spiro atoms. The first-order valence-electron chi connectivity index (χ1n) is 19.1. The highest BCUT2D eigenvalue weighted by Gasteiger charge is 2.87. The summed E-state index contributed by atoms with van der Waals surface area (Å²) < 4.78 is 51.6. The van der Waals surface area contributed by atoms with Crippen LogP contribution in [0.3, 0.4) is 0 Å². The SMILES string of the molecule is CCCCCCCCCCCCCCCC[C@@H](COP(=O)(O)OC1[C@@]2(C)O[C@@H](c3ccc4c(N)ncnn34)[C@H](O)[C@@]12O)OCc1cc(F)cc(C#N)c1. The lowest BCUT2D eigenvalue weighted by molar-refractivity contribution is -0.0816. The van der Waals surface area contributed by atoms with Crippen LogP contribution >= 0.6 is 7.82 Å². The average molecular weight is 760 g/mol. The fourth-order valence-electron chi connectivity index (χ4n) is 7.45. The molecular formula is C38H55FN5O8P. The van der Waals surface area contributed by atoms with Crippen LogP contribution in [0.25, 0.3) is 5.52 Å². The largest absolute Gasteiger partial charge is 0.472 e. The molecule has 1 aromatic carbocycles. The molecule has 292 valence electrons. The number of nitrogens with two attached hydrogens (primary N) is 1. The van der Waals surface area contributed by atoms with Gasteiger partial charge >= 0.3 is 7.82 Å². The minimum Gasteiger partial charge on any atom is -0.387 e. The van der Waals surface area contributed by atoms with Crippen LogP contribution in [0, 0.1) is 17.1 Å². The minimum atomic E-state index is -4.80. The topological polar surface area (TPSA) is 195 Å². The summed E-state index contributed by atoms with van der Waals surface area (Å²) in [4.78, 5) is 14.7. The van der Waals surface area contributed by atoms with E-state index in [0.717, 1.165) is 31.7 Å².